The van der Waals surface area contributed by atoms with Crippen molar-refractivity contribution in [3.05, 3.63) is 83.9 Å². The number of amides is 1. The lowest BCUT2D eigenvalue weighted by Crippen LogP contribution is -2.51. The fourth-order valence-electron chi connectivity index (χ4n) is 4.54. The summed E-state index contributed by atoms with van der Waals surface area (Å²) in [6.45, 7) is 1.38. The number of halogens is 1. The van der Waals surface area contributed by atoms with Crippen molar-refractivity contribution in [1.29, 1.82) is 0 Å². The lowest BCUT2D eigenvalue weighted by atomic mass is 9.82. The number of carbonyl (C=O) groups excluding carboxylic acids is 1. The van der Waals surface area contributed by atoms with Gasteiger partial charge in [0.15, 0.2) is 0 Å². The summed E-state index contributed by atoms with van der Waals surface area (Å²) in [7, 11) is 0. The Labute approximate surface area is 163 Å². The summed E-state index contributed by atoms with van der Waals surface area (Å²) >= 11 is 0. The van der Waals surface area contributed by atoms with E-state index >= 15 is 0 Å². The third kappa shape index (κ3) is 2.78. The molecule has 0 unspecified atom stereocenters. The normalized spacial score (nSPS) is 17.0. The maximum atomic E-state index is 13.4. The summed E-state index contributed by atoms with van der Waals surface area (Å²) < 4.78 is 15.7. The molecule has 0 atom stereocenters. The molecule has 5 heteroatoms. The molecular weight excluding hydrogens is 353 g/mol. The van der Waals surface area contributed by atoms with Crippen LogP contribution in [0.2, 0.25) is 0 Å². The zero-order valence-corrected chi connectivity index (χ0v) is 15.6. The van der Waals surface area contributed by atoms with E-state index in [1.807, 2.05) is 11.0 Å². The number of anilines is 1. The molecule has 0 radical (unpaired) electrons. The standard InChI is InChI=1S/C23H22FN3O/c24-18-6-3-5-17(15-18)16-22(28)26-13-10-23(11-14-26)21-9-4-12-27(21)20-8-2-1-7-19(20)25-23/h1-9,12,15,25H,10-11,13-14,16H2. The van der Waals surface area contributed by atoms with Gasteiger partial charge in [0.1, 0.15) is 5.82 Å². The molecule has 0 saturated carbocycles. The number of rotatable bonds is 2. The van der Waals surface area contributed by atoms with Gasteiger partial charge in [0.05, 0.1) is 23.3 Å². The number of piperidine rings is 1. The predicted octanol–water partition coefficient (Wildman–Crippen LogP) is 4.10. The second-order valence-electron chi connectivity index (χ2n) is 7.68. The zero-order valence-electron chi connectivity index (χ0n) is 15.6. The first-order valence-electron chi connectivity index (χ1n) is 9.72. The summed E-state index contributed by atoms with van der Waals surface area (Å²) in [6, 6.07) is 18.9. The molecular formula is C23H22FN3O. The van der Waals surface area contributed by atoms with Crippen LogP contribution in [0.5, 0.6) is 0 Å². The summed E-state index contributed by atoms with van der Waals surface area (Å²) in [6.07, 6.45) is 4.05. The van der Waals surface area contributed by atoms with Gasteiger partial charge in [-0.25, -0.2) is 4.39 Å². The smallest absolute Gasteiger partial charge is 0.226 e. The van der Waals surface area contributed by atoms with Crippen LogP contribution in [-0.2, 0) is 16.8 Å². The van der Waals surface area contributed by atoms with Crippen molar-refractivity contribution in [2.45, 2.75) is 24.8 Å². The Morgan fingerprint density at radius 3 is 2.68 bits per heavy atom. The zero-order chi connectivity index (χ0) is 19.1. The Balaban J connectivity index is 1.34. The van der Waals surface area contributed by atoms with E-state index in [-0.39, 0.29) is 23.7 Å². The Morgan fingerprint density at radius 2 is 1.86 bits per heavy atom. The van der Waals surface area contributed by atoms with Crippen LogP contribution in [0.4, 0.5) is 10.1 Å². The highest BCUT2D eigenvalue weighted by Gasteiger charge is 2.42. The van der Waals surface area contributed by atoms with Crippen LogP contribution in [0, 0.1) is 5.82 Å². The summed E-state index contributed by atoms with van der Waals surface area (Å²) in [5, 5.41) is 3.76. The molecule has 142 valence electrons. The van der Waals surface area contributed by atoms with Crippen molar-refractivity contribution in [2.24, 2.45) is 0 Å². The van der Waals surface area contributed by atoms with E-state index in [2.05, 4.69) is 46.4 Å². The predicted molar refractivity (Wildman–Crippen MR) is 107 cm³/mol. The first-order valence-corrected chi connectivity index (χ1v) is 9.72. The quantitative estimate of drug-likeness (QED) is 0.732. The lowest BCUT2D eigenvalue weighted by Gasteiger charge is -2.46. The Kier molecular flexibility index (Phi) is 3.97. The van der Waals surface area contributed by atoms with Crippen LogP contribution < -0.4 is 5.32 Å². The fourth-order valence-corrected chi connectivity index (χ4v) is 4.54. The van der Waals surface area contributed by atoms with E-state index in [1.54, 1.807) is 12.1 Å². The monoisotopic (exact) mass is 375 g/mol. The second kappa shape index (κ2) is 6.51. The number of likely N-dealkylation sites (tertiary alicyclic amines) is 1. The van der Waals surface area contributed by atoms with Gasteiger partial charge in [-0.05, 0) is 54.8 Å². The topological polar surface area (TPSA) is 37.3 Å². The van der Waals surface area contributed by atoms with Crippen molar-refractivity contribution in [1.82, 2.24) is 9.47 Å². The van der Waals surface area contributed by atoms with Crippen molar-refractivity contribution >= 4 is 11.6 Å². The van der Waals surface area contributed by atoms with E-state index < -0.39 is 0 Å². The molecule has 1 saturated heterocycles. The number of hydrogen-bond donors (Lipinski definition) is 1. The van der Waals surface area contributed by atoms with Crippen molar-refractivity contribution < 1.29 is 9.18 Å². The molecule has 0 aliphatic carbocycles. The highest BCUT2D eigenvalue weighted by Crippen LogP contribution is 2.43. The van der Waals surface area contributed by atoms with E-state index in [0.717, 1.165) is 29.8 Å². The molecule has 1 aromatic heterocycles. The van der Waals surface area contributed by atoms with Gasteiger partial charge in [-0.1, -0.05) is 24.3 Å². The molecule has 28 heavy (non-hydrogen) atoms. The molecule has 3 aromatic rings. The molecule has 2 aliphatic heterocycles. The first-order chi connectivity index (χ1) is 13.6. The molecule has 2 aromatic carbocycles. The Bertz CT molecular complexity index is 1030. The van der Waals surface area contributed by atoms with Gasteiger partial charge in [0, 0.05) is 25.0 Å². The van der Waals surface area contributed by atoms with Crippen LogP contribution in [0.15, 0.2) is 66.9 Å². The number of hydrogen-bond acceptors (Lipinski definition) is 2. The van der Waals surface area contributed by atoms with Crippen molar-refractivity contribution in [3.8, 4) is 5.69 Å². The van der Waals surface area contributed by atoms with E-state index in [9.17, 15) is 9.18 Å². The molecule has 4 nitrogen and oxygen atoms in total. The lowest BCUT2D eigenvalue weighted by molar-refractivity contribution is -0.132. The van der Waals surface area contributed by atoms with Crippen LogP contribution in [0.25, 0.3) is 5.69 Å². The molecule has 3 heterocycles. The molecule has 1 N–H and O–H groups in total. The average Bonchev–Trinajstić information content (AvgIpc) is 3.20. The third-order valence-electron chi connectivity index (χ3n) is 5.99. The third-order valence-corrected chi connectivity index (χ3v) is 5.99. The molecule has 1 fully saturated rings. The van der Waals surface area contributed by atoms with Gasteiger partial charge < -0.3 is 14.8 Å². The molecule has 1 amide bonds. The van der Waals surface area contributed by atoms with Gasteiger partial charge in [-0.2, -0.15) is 0 Å². The van der Waals surface area contributed by atoms with Gasteiger partial charge in [-0.15, -0.1) is 0 Å². The minimum absolute atomic E-state index is 0.0621. The number of fused-ring (bicyclic) bond motifs is 4. The number of para-hydroxylation sites is 2. The summed E-state index contributed by atoms with van der Waals surface area (Å²) in [5.41, 5.74) is 4.11. The maximum Gasteiger partial charge on any atom is 0.226 e. The van der Waals surface area contributed by atoms with Gasteiger partial charge in [-0.3, -0.25) is 4.79 Å². The minimum atomic E-state index is -0.297. The van der Waals surface area contributed by atoms with Crippen LogP contribution >= 0.6 is 0 Å². The number of carbonyl (C=O) groups is 1. The molecule has 0 bridgehead atoms. The number of benzene rings is 2. The maximum absolute atomic E-state index is 13.4. The fraction of sp³-hybridized carbons (Fsp3) is 0.261. The van der Waals surface area contributed by atoms with Crippen LogP contribution in [0.3, 0.4) is 0 Å². The highest BCUT2D eigenvalue weighted by molar-refractivity contribution is 5.79. The molecule has 1 spiro atoms. The SMILES string of the molecule is O=C(Cc1cccc(F)c1)N1CCC2(CC1)Nc1ccccc1-n1cccc12. The Morgan fingerprint density at radius 1 is 1.04 bits per heavy atom. The molecule has 2 aliphatic rings. The van der Waals surface area contributed by atoms with Gasteiger partial charge in [0.2, 0.25) is 5.91 Å². The second-order valence-corrected chi connectivity index (χ2v) is 7.68. The average molecular weight is 375 g/mol. The van der Waals surface area contributed by atoms with Gasteiger partial charge in [0.25, 0.3) is 0 Å². The van der Waals surface area contributed by atoms with Crippen molar-refractivity contribution in [3.63, 3.8) is 0 Å². The van der Waals surface area contributed by atoms with Crippen molar-refractivity contribution in [2.75, 3.05) is 18.4 Å². The van der Waals surface area contributed by atoms with Crippen LogP contribution in [0.1, 0.15) is 24.1 Å². The largest absolute Gasteiger partial charge is 0.372 e. The molecule has 5 rings (SSSR count). The number of nitrogens with zero attached hydrogens (tertiary/aromatic N) is 2. The van der Waals surface area contributed by atoms with E-state index in [0.29, 0.717) is 13.1 Å². The number of nitrogens with one attached hydrogen (secondary N) is 1. The van der Waals surface area contributed by atoms with E-state index in [4.69, 9.17) is 0 Å². The summed E-state index contributed by atoms with van der Waals surface area (Å²) in [5.74, 6) is -0.235. The van der Waals surface area contributed by atoms with E-state index in [1.165, 1.54) is 17.8 Å². The first kappa shape index (κ1) is 17.0. The van der Waals surface area contributed by atoms with Gasteiger partial charge >= 0.3 is 0 Å². The number of aromatic nitrogens is 1. The Hall–Kier alpha value is -3.08. The highest BCUT2D eigenvalue weighted by atomic mass is 19.1. The summed E-state index contributed by atoms with van der Waals surface area (Å²) in [4.78, 5) is 14.6. The minimum Gasteiger partial charge on any atom is -0.372 e. The van der Waals surface area contributed by atoms with Crippen LogP contribution in [-0.4, -0.2) is 28.5 Å².